The molecule has 0 unspecified atom stereocenters. The first-order chi connectivity index (χ1) is 16.8. The molecule has 1 aliphatic heterocycles. The van der Waals surface area contributed by atoms with E-state index in [0.717, 1.165) is 30.6 Å². The third kappa shape index (κ3) is 4.41. The number of hydrogen-bond acceptors (Lipinski definition) is 6. The highest BCUT2D eigenvalue weighted by molar-refractivity contribution is 6.31. The lowest BCUT2D eigenvalue weighted by atomic mass is 10.0. The van der Waals surface area contributed by atoms with Crippen LogP contribution in [0.2, 0.25) is 5.02 Å². The molecule has 0 bridgehead atoms. The Morgan fingerprint density at radius 1 is 1.03 bits per heavy atom. The number of carbonyl (C=O) groups is 2. The molecule has 35 heavy (non-hydrogen) atoms. The van der Waals surface area contributed by atoms with Crippen molar-refractivity contribution in [3.8, 4) is 11.3 Å². The van der Waals surface area contributed by atoms with E-state index < -0.39 is 5.91 Å². The van der Waals surface area contributed by atoms with Gasteiger partial charge in [0.1, 0.15) is 11.5 Å². The van der Waals surface area contributed by atoms with E-state index in [4.69, 9.17) is 20.5 Å². The standard InChI is InChI=1S/C26H25ClN4O4/c1-14-11-19(16(3)34-14)22-13-20(23-15(2)30-35-25(23)29-22)24(32)28-21-12-17(27)7-8-18(21)26(33)31-9-5-4-6-10-31/h7-8,11-13H,4-6,9-10H2,1-3H3,(H,28,32). The van der Waals surface area contributed by atoms with E-state index in [1.54, 1.807) is 31.2 Å². The number of carbonyl (C=O) groups excluding carboxylic acids is 2. The highest BCUT2D eigenvalue weighted by Crippen LogP contribution is 2.32. The number of rotatable bonds is 4. The number of amides is 2. The lowest BCUT2D eigenvalue weighted by Crippen LogP contribution is -2.36. The van der Waals surface area contributed by atoms with Crippen molar-refractivity contribution >= 4 is 40.2 Å². The summed E-state index contributed by atoms with van der Waals surface area (Å²) in [6, 6.07) is 8.46. The topological polar surface area (TPSA) is 101 Å². The number of hydrogen-bond donors (Lipinski definition) is 1. The molecule has 9 heteroatoms. The van der Waals surface area contributed by atoms with Gasteiger partial charge in [0.25, 0.3) is 17.5 Å². The molecule has 5 rings (SSSR count). The average molecular weight is 493 g/mol. The van der Waals surface area contributed by atoms with E-state index in [-0.39, 0.29) is 11.6 Å². The van der Waals surface area contributed by atoms with Crippen LogP contribution in [-0.2, 0) is 0 Å². The van der Waals surface area contributed by atoms with E-state index in [1.807, 2.05) is 24.8 Å². The second-order valence-electron chi connectivity index (χ2n) is 8.83. The fourth-order valence-electron chi connectivity index (χ4n) is 4.56. The fourth-order valence-corrected chi connectivity index (χ4v) is 4.73. The summed E-state index contributed by atoms with van der Waals surface area (Å²) in [6.07, 6.45) is 3.05. The predicted octanol–water partition coefficient (Wildman–Crippen LogP) is 5.94. The third-order valence-corrected chi connectivity index (χ3v) is 6.52. The average Bonchev–Trinajstić information content (AvgIpc) is 3.39. The van der Waals surface area contributed by atoms with Crippen LogP contribution in [0, 0.1) is 20.8 Å². The Labute approximate surface area is 207 Å². The van der Waals surface area contributed by atoms with Gasteiger partial charge in [-0.25, -0.2) is 4.98 Å². The van der Waals surface area contributed by atoms with E-state index in [0.29, 0.717) is 57.5 Å². The smallest absolute Gasteiger partial charge is 0.259 e. The molecule has 1 fully saturated rings. The molecule has 4 aromatic rings. The van der Waals surface area contributed by atoms with Gasteiger partial charge >= 0.3 is 0 Å². The van der Waals surface area contributed by atoms with Crippen LogP contribution in [0.5, 0.6) is 0 Å². The van der Waals surface area contributed by atoms with Crippen LogP contribution in [0.4, 0.5) is 5.69 Å². The van der Waals surface area contributed by atoms with Gasteiger partial charge in [-0.15, -0.1) is 0 Å². The molecule has 0 saturated carbocycles. The molecule has 0 spiro atoms. The molecular weight excluding hydrogens is 468 g/mol. The summed E-state index contributed by atoms with van der Waals surface area (Å²) in [4.78, 5) is 33.2. The molecule has 1 saturated heterocycles. The quantitative estimate of drug-likeness (QED) is 0.378. The first kappa shape index (κ1) is 23.1. The van der Waals surface area contributed by atoms with Gasteiger partial charge in [0.05, 0.1) is 33.6 Å². The molecule has 4 heterocycles. The van der Waals surface area contributed by atoms with Crippen molar-refractivity contribution in [2.75, 3.05) is 18.4 Å². The van der Waals surface area contributed by atoms with Gasteiger partial charge in [0.2, 0.25) is 0 Å². The molecule has 1 aromatic carbocycles. The second kappa shape index (κ2) is 9.19. The number of pyridine rings is 1. The molecule has 3 aromatic heterocycles. The molecule has 180 valence electrons. The third-order valence-electron chi connectivity index (χ3n) is 6.28. The summed E-state index contributed by atoms with van der Waals surface area (Å²) in [5.41, 5.74) is 3.17. The molecule has 1 N–H and O–H groups in total. The van der Waals surface area contributed by atoms with Crippen LogP contribution >= 0.6 is 11.6 Å². The summed E-state index contributed by atoms with van der Waals surface area (Å²) in [7, 11) is 0. The van der Waals surface area contributed by atoms with Crippen molar-refractivity contribution in [1.82, 2.24) is 15.0 Å². The van der Waals surface area contributed by atoms with E-state index >= 15 is 0 Å². The van der Waals surface area contributed by atoms with Crippen LogP contribution in [0.3, 0.4) is 0 Å². The number of anilines is 1. The van der Waals surface area contributed by atoms with E-state index in [2.05, 4.69) is 15.5 Å². The first-order valence-electron chi connectivity index (χ1n) is 11.6. The van der Waals surface area contributed by atoms with Crippen molar-refractivity contribution in [1.29, 1.82) is 0 Å². The molecule has 0 atom stereocenters. The van der Waals surface area contributed by atoms with Gasteiger partial charge < -0.3 is 19.2 Å². The van der Waals surface area contributed by atoms with E-state index in [9.17, 15) is 9.59 Å². The number of benzene rings is 1. The van der Waals surface area contributed by atoms with Gasteiger partial charge in [0, 0.05) is 23.7 Å². The number of nitrogens with zero attached hydrogens (tertiary/aromatic N) is 3. The van der Waals surface area contributed by atoms with Crippen LogP contribution in [0.15, 0.2) is 39.3 Å². The largest absolute Gasteiger partial charge is 0.466 e. The minimum atomic E-state index is -0.419. The summed E-state index contributed by atoms with van der Waals surface area (Å²) in [5, 5.41) is 7.84. The lowest BCUT2D eigenvalue weighted by molar-refractivity contribution is 0.0725. The van der Waals surface area contributed by atoms with Gasteiger partial charge in [-0.3, -0.25) is 9.59 Å². The van der Waals surface area contributed by atoms with Crippen LogP contribution < -0.4 is 5.32 Å². The molecule has 2 amide bonds. The molecule has 1 aliphatic rings. The Kier molecular flexibility index (Phi) is 6.06. The molecular formula is C26H25ClN4O4. The van der Waals surface area contributed by atoms with Crippen molar-refractivity contribution in [3.63, 3.8) is 0 Å². The van der Waals surface area contributed by atoms with Crippen molar-refractivity contribution < 1.29 is 18.5 Å². The Morgan fingerprint density at radius 2 is 1.80 bits per heavy atom. The highest BCUT2D eigenvalue weighted by Gasteiger charge is 2.25. The van der Waals surface area contributed by atoms with Gasteiger partial charge in [-0.2, -0.15) is 0 Å². The minimum absolute atomic E-state index is 0.122. The molecule has 0 radical (unpaired) electrons. The number of aryl methyl sites for hydroxylation is 3. The lowest BCUT2D eigenvalue weighted by Gasteiger charge is -2.27. The Hall–Kier alpha value is -3.65. The number of furan rings is 1. The number of likely N-dealkylation sites (tertiary alicyclic amines) is 1. The summed E-state index contributed by atoms with van der Waals surface area (Å²) < 4.78 is 11.1. The highest BCUT2D eigenvalue weighted by atomic mass is 35.5. The first-order valence-corrected chi connectivity index (χ1v) is 11.9. The Balaban J connectivity index is 1.55. The van der Waals surface area contributed by atoms with Gasteiger partial charge in [-0.1, -0.05) is 16.8 Å². The zero-order valence-corrected chi connectivity index (χ0v) is 20.5. The SMILES string of the molecule is Cc1cc(-c2cc(C(=O)Nc3cc(Cl)ccc3C(=O)N3CCCCC3)c3c(C)noc3n2)c(C)o1. The van der Waals surface area contributed by atoms with Crippen molar-refractivity contribution in [2.24, 2.45) is 0 Å². The summed E-state index contributed by atoms with van der Waals surface area (Å²) in [6.45, 7) is 6.84. The fraction of sp³-hybridized carbons (Fsp3) is 0.308. The number of nitrogens with one attached hydrogen (secondary N) is 1. The van der Waals surface area contributed by atoms with Gasteiger partial charge in [-0.05, 0) is 70.4 Å². The maximum Gasteiger partial charge on any atom is 0.259 e. The van der Waals surface area contributed by atoms with Crippen LogP contribution in [0.1, 0.15) is 57.2 Å². The van der Waals surface area contributed by atoms with Gasteiger partial charge in [0.15, 0.2) is 0 Å². The van der Waals surface area contributed by atoms with Crippen molar-refractivity contribution in [2.45, 2.75) is 40.0 Å². The second-order valence-corrected chi connectivity index (χ2v) is 9.26. The van der Waals surface area contributed by atoms with Crippen LogP contribution in [-0.4, -0.2) is 39.9 Å². The maximum absolute atomic E-state index is 13.6. The Bertz CT molecular complexity index is 1450. The predicted molar refractivity (Wildman–Crippen MR) is 133 cm³/mol. The van der Waals surface area contributed by atoms with Crippen molar-refractivity contribution in [3.05, 3.63) is 63.7 Å². The Morgan fingerprint density at radius 3 is 2.51 bits per heavy atom. The van der Waals surface area contributed by atoms with Crippen LogP contribution in [0.25, 0.3) is 22.4 Å². The zero-order valence-electron chi connectivity index (χ0n) is 19.8. The monoisotopic (exact) mass is 492 g/mol. The number of aromatic nitrogens is 2. The minimum Gasteiger partial charge on any atom is -0.466 e. The maximum atomic E-state index is 13.6. The number of fused-ring (bicyclic) bond motifs is 1. The zero-order chi connectivity index (χ0) is 24.7. The summed E-state index contributed by atoms with van der Waals surface area (Å²) in [5.74, 6) is 0.876. The molecule has 0 aliphatic carbocycles. The normalized spacial score (nSPS) is 13.9. The summed E-state index contributed by atoms with van der Waals surface area (Å²) >= 11 is 6.24. The number of halogens is 1. The van der Waals surface area contributed by atoms with E-state index in [1.165, 1.54) is 0 Å². The number of piperidine rings is 1. The molecule has 8 nitrogen and oxygen atoms in total.